The second kappa shape index (κ2) is 9.10. The van der Waals surface area contributed by atoms with Crippen molar-refractivity contribution in [1.29, 1.82) is 0 Å². The number of para-hydroxylation sites is 1. The summed E-state index contributed by atoms with van der Waals surface area (Å²) in [6, 6.07) is 15.7. The number of thioether (sulfide) groups is 1. The summed E-state index contributed by atoms with van der Waals surface area (Å²) in [5.74, 6) is 2.51. The molecule has 0 N–H and O–H groups in total. The van der Waals surface area contributed by atoms with Gasteiger partial charge >= 0.3 is 0 Å². The number of nitrogens with zero attached hydrogens (tertiary/aromatic N) is 3. The molecule has 0 saturated heterocycles. The van der Waals surface area contributed by atoms with Crippen molar-refractivity contribution in [3.63, 3.8) is 0 Å². The number of hydrogen-bond donors (Lipinski definition) is 0. The summed E-state index contributed by atoms with van der Waals surface area (Å²) in [4.78, 5) is 22.6. The lowest BCUT2D eigenvalue weighted by Crippen LogP contribution is -2.24. The van der Waals surface area contributed by atoms with Gasteiger partial charge in [0, 0.05) is 17.9 Å². The summed E-state index contributed by atoms with van der Waals surface area (Å²) < 4.78 is 7.73. The van der Waals surface area contributed by atoms with Crippen molar-refractivity contribution in [3.05, 3.63) is 75.9 Å². The van der Waals surface area contributed by atoms with E-state index in [2.05, 4.69) is 32.9 Å². The van der Waals surface area contributed by atoms with E-state index >= 15 is 0 Å². The first-order chi connectivity index (χ1) is 14.9. The first kappa shape index (κ1) is 21.4. The SMILES string of the molecule is Cc1ccc(-c2nc(CSc3nc4ccccc4c(=O)n3CCC(C)C)c(C)o2)cc1. The Morgan fingerprint density at radius 2 is 1.77 bits per heavy atom. The van der Waals surface area contributed by atoms with Crippen LogP contribution >= 0.6 is 11.8 Å². The maximum atomic E-state index is 13.1. The molecule has 160 valence electrons. The van der Waals surface area contributed by atoms with E-state index in [9.17, 15) is 4.79 Å². The Kier molecular flexibility index (Phi) is 6.28. The lowest BCUT2D eigenvalue weighted by Gasteiger charge is -2.14. The highest BCUT2D eigenvalue weighted by Crippen LogP contribution is 2.27. The molecule has 0 radical (unpaired) electrons. The first-order valence-corrected chi connectivity index (χ1v) is 11.6. The Balaban J connectivity index is 1.63. The Labute approximate surface area is 186 Å². The average molecular weight is 434 g/mol. The summed E-state index contributed by atoms with van der Waals surface area (Å²) >= 11 is 1.54. The third-order valence-electron chi connectivity index (χ3n) is 5.29. The van der Waals surface area contributed by atoms with Crippen LogP contribution in [0.15, 0.2) is 62.9 Å². The van der Waals surface area contributed by atoms with Crippen LogP contribution in [0.25, 0.3) is 22.4 Å². The van der Waals surface area contributed by atoms with Gasteiger partial charge in [-0.1, -0.05) is 55.4 Å². The second-order valence-electron chi connectivity index (χ2n) is 8.23. The first-order valence-electron chi connectivity index (χ1n) is 10.6. The van der Waals surface area contributed by atoms with Gasteiger partial charge in [-0.15, -0.1) is 0 Å². The van der Waals surface area contributed by atoms with Crippen LogP contribution in [0.2, 0.25) is 0 Å². The van der Waals surface area contributed by atoms with Gasteiger partial charge in [0.25, 0.3) is 5.56 Å². The highest BCUT2D eigenvalue weighted by molar-refractivity contribution is 7.98. The molecule has 0 atom stereocenters. The molecule has 31 heavy (non-hydrogen) atoms. The van der Waals surface area contributed by atoms with Crippen LogP contribution in [0.3, 0.4) is 0 Å². The Morgan fingerprint density at radius 1 is 1.03 bits per heavy atom. The molecule has 4 aromatic rings. The maximum Gasteiger partial charge on any atom is 0.262 e. The standard InChI is InChI=1S/C25H27N3O2S/c1-16(2)13-14-28-24(29)20-7-5-6-8-21(20)27-25(28)31-15-22-18(4)30-23(26-22)19-11-9-17(3)10-12-19/h5-12,16H,13-15H2,1-4H3. The van der Waals surface area contributed by atoms with Gasteiger partial charge < -0.3 is 4.42 Å². The van der Waals surface area contributed by atoms with Gasteiger partial charge in [0.15, 0.2) is 5.16 Å². The fraction of sp³-hybridized carbons (Fsp3) is 0.320. The van der Waals surface area contributed by atoms with Crippen LogP contribution in [0.4, 0.5) is 0 Å². The van der Waals surface area contributed by atoms with Gasteiger partial charge in [-0.25, -0.2) is 9.97 Å². The molecular formula is C25H27N3O2S. The van der Waals surface area contributed by atoms with Crippen LogP contribution in [-0.4, -0.2) is 14.5 Å². The molecule has 0 aliphatic heterocycles. The molecule has 4 rings (SSSR count). The number of aryl methyl sites for hydroxylation is 2. The molecule has 0 aliphatic carbocycles. The molecule has 0 saturated carbocycles. The number of hydrogen-bond acceptors (Lipinski definition) is 5. The normalized spacial score (nSPS) is 11.5. The van der Waals surface area contributed by atoms with E-state index in [1.807, 2.05) is 47.9 Å². The Bertz CT molecular complexity index is 1260. The highest BCUT2D eigenvalue weighted by atomic mass is 32.2. The van der Waals surface area contributed by atoms with E-state index in [4.69, 9.17) is 14.4 Å². The average Bonchev–Trinajstić information content (AvgIpc) is 3.12. The van der Waals surface area contributed by atoms with E-state index in [-0.39, 0.29) is 5.56 Å². The highest BCUT2D eigenvalue weighted by Gasteiger charge is 2.16. The van der Waals surface area contributed by atoms with Gasteiger partial charge in [-0.05, 0) is 50.5 Å². The zero-order valence-electron chi connectivity index (χ0n) is 18.4. The lowest BCUT2D eigenvalue weighted by atomic mass is 10.1. The van der Waals surface area contributed by atoms with E-state index < -0.39 is 0 Å². The van der Waals surface area contributed by atoms with E-state index in [0.717, 1.165) is 34.1 Å². The van der Waals surface area contributed by atoms with Crippen molar-refractivity contribution in [2.75, 3.05) is 0 Å². The zero-order valence-corrected chi connectivity index (χ0v) is 19.2. The molecule has 5 nitrogen and oxygen atoms in total. The van der Waals surface area contributed by atoms with E-state index in [1.54, 1.807) is 0 Å². The number of aromatic nitrogens is 3. The minimum absolute atomic E-state index is 0.0194. The fourth-order valence-corrected chi connectivity index (χ4v) is 4.38. The molecule has 0 bridgehead atoms. The van der Waals surface area contributed by atoms with Gasteiger partial charge in [-0.2, -0.15) is 0 Å². The summed E-state index contributed by atoms with van der Waals surface area (Å²) in [7, 11) is 0. The number of rotatable bonds is 7. The second-order valence-corrected chi connectivity index (χ2v) is 9.17. The molecule has 0 fully saturated rings. The third kappa shape index (κ3) is 4.74. The van der Waals surface area contributed by atoms with Crippen molar-refractivity contribution in [3.8, 4) is 11.5 Å². The zero-order chi connectivity index (χ0) is 22.0. The number of fused-ring (bicyclic) bond motifs is 1. The summed E-state index contributed by atoms with van der Waals surface area (Å²) in [6.07, 6.45) is 0.925. The largest absolute Gasteiger partial charge is 0.441 e. The summed E-state index contributed by atoms with van der Waals surface area (Å²) in [5.41, 5.74) is 3.78. The van der Waals surface area contributed by atoms with Gasteiger partial charge in [0.1, 0.15) is 5.76 Å². The van der Waals surface area contributed by atoms with Crippen LogP contribution in [-0.2, 0) is 12.3 Å². The molecular weight excluding hydrogens is 406 g/mol. The number of oxazole rings is 1. The minimum atomic E-state index is 0.0194. The maximum absolute atomic E-state index is 13.1. The lowest BCUT2D eigenvalue weighted by molar-refractivity contribution is 0.481. The molecule has 6 heteroatoms. The van der Waals surface area contributed by atoms with Crippen molar-refractivity contribution in [2.24, 2.45) is 5.92 Å². The predicted molar refractivity (Wildman–Crippen MR) is 126 cm³/mol. The molecule has 2 aromatic carbocycles. The van der Waals surface area contributed by atoms with Crippen molar-refractivity contribution in [1.82, 2.24) is 14.5 Å². The van der Waals surface area contributed by atoms with Crippen LogP contribution in [0, 0.1) is 19.8 Å². The van der Waals surface area contributed by atoms with Gasteiger partial charge in [0.2, 0.25) is 5.89 Å². The van der Waals surface area contributed by atoms with E-state index in [1.165, 1.54) is 17.3 Å². The molecule has 2 heterocycles. The Morgan fingerprint density at radius 3 is 2.52 bits per heavy atom. The Hall–Kier alpha value is -2.86. The molecule has 0 amide bonds. The van der Waals surface area contributed by atoms with Crippen molar-refractivity contribution in [2.45, 2.75) is 51.6 Å². The van der Waals surface area contributed by atoms with Gasteiger partial charge in [0.05, 0.1) is 16.6 Å². The monoisotopic (exact) mass is 433 g/mol. The van der Waals surface area contributed by atoms with Crippen LogP contribution in [0.1, 0.15) is 37.3 Å². The fourth-order valence-electron chi connectivity index (χ4n) is 3.36. The van der Waals surface area contributed by atoms with Crippen LogP contribution in [0.5, 0.6) is 0 Å². The molecule has 0 aliphatic rings. The summed E-state index contributed by atoms with van der Waals surface area (Å²) in [6.45, 7) is 8.97. The minimum Gasteiger partial charge on any atom is -0.441 e. The van der Waals surface area contributed by atoms with E-state index in [0.29, 0.717) is 29.5 Å². The topological polar surface area (TPSA) is 60.9 Å². The number of benzene rings is 2. The smallest absolute Gasteiger partial charge is 0.262 e. The van der Waals surface area contributed by atoms with Crippen molar-refractivity contribution >= 4 is 22.7 Å². The molecule has 0 unspecified atom stereocenters. The third-order valence-corrected chi connectivity index (χ3v) is 6.27. The predicted octanol–water partition coefficient (Wildman–Crippen LogP) is 6.01. The quantitative estimate of drug-likeness (QED) is 0.264. The van der Waals surface area contributed by atoms with Crippen LogP contribution < -0.4 is 5.56 Å². The summed E-state index contributed by atoms with van der Waals surface area (Å²) in [5, 5.41) is 1.39. The molecule has 0 spiro atoms. The van der Waals surface area contributed by atoms with Gasteiger partial charge in [-0.3, -0.25) is 9.36 Å². The van der Waals surface area contributed by atoms with Crippen molar-refractivity contribution < 1.29 is 4.42 Å². The molecule has 2 aromatic heterocycles.